The average molecular weight is 355 g/mol. The van der Waals surface area contributed by atoms with Crippen molar-refractivity contribution in [1.82, 2.24) is 9.71 Å². The number of nitrogens with zero attached hydrogens (tertiary/aromatic N) is 2. The summed E-state index contributed by atoms with van der Waals surface area (Å²) in [5.41, 5.74) is 0. The van der Waals surface area contributed by atoms with E-state index in [9.17, 15) is 12.8 Å². The molecule has 1 aromatic heterocycles. The summed E-state index contributed by atoms with van der Waals surface area (Å²) < 4.78 is 40.3. The minimum Gasteiger partial charge on any atom is -0.348 e. The maximum absolute atomic E-state index is 13.2. The lowest BCUT2D eigenvalue weighted by molar-refractivity contribution is 0.410. The summed E-state index contributed by atoms with van der Waals surface area (Å²) in [6, 6.07) is 5.06. The SMILES string of the molecule is O=S(=O)(NCC1CCCN(c2nccs2)C1)c1cccc(F)c1. The molecule has 8 heteroatoms. The second-order valence-electron chi connectivity index (χ2n) is 5.58. The Morgan fingerprint density at radius 2 is 2.30 bits per heavy atom. The van der Waals surface area contributed by atoms with Crippen LogP contribution < -0.4 is 9.62 Å². The first-order chi connectivity index (χ1) is 11.0. The Hall–Kier alpha value is -1.51. The van der Waals surface area contributed by atoms with Crippen LogP contribution in [-0.4, -0.2) is 33.0 Å². The third-order valence-corrected chi connectivity index (χ3v) is 6.13. The number of piperidine rings is 1. The Labute approximate surface area is 139 Å². The fourth-order valence-electron chi connectivity index (χ4n) is 2.72. The maximum atomic E-state index is 13.2. The van der Waals surface area contributed by atoms with E-state index in [-0.39, 0.29) is 10.8 Å². The van der Waals surface area contributed by atoms with Crippen LogP contribution in [-0.2, 0) is 10.0 Å². The molecule has 0 aliphatic carbocycles. The molecule has 1 N–H and O–H groups in total. The van der Waals surface area contributed by atoms with E-state index in [1.807, 2.05) is 5.38 Å². The van der Waals surface area contributed by atoms with Crippen LogP contribution >= 0.6 is 11.3 Å². The number of aromatic nitrogens is 1. The summed E-state index contributed by atoms with van der Waals surface area (Å²) in [6.07, 6.45) is 3.75. The van der Waals surface area contributed by atoms with Crippen LogP contribution in [0.25, 0.3) is 0 Å². The largest absolute Gasteiger partial charge is 0.348 e. The highest BCUT2D eigenvalue weighted by Crippen LogP contribution is 2.24. The smallest absolute Gasteiger partial charge is 0.240 e. The minimum atomic E-state index is -3.67. The van der Waals surface area contributed by atoms with Gasteiger partial charge in [-0.2, -0.15) is 0 Å². The van der Waals surface area contributed by atoms with E-state index in [0.717, 1.165) is 37.1 Å². The van der Waals surface area contributed by atoms with Crippen LogP contribution in [0.3, 0.4) is 0 Å². The molecule has 1 saturated heterocycles. The van der Waals surface area contributed by atoms with Gasteiger partial charge in [0.25, 0.3) is 0 Å². The average Bonchev–Trinajstić information content (AvgIpc) is 3.08. The normalized spacial score (nSPS) is 19.0. The number of anilines is 1. The van der Waals surface area contributed by atoms with Crippen molar-refractivity contribution in [2.45, 2.75) is 17.7 Å². The quantitative estimate of drug-likeness (QED) is 0.895. The molecule has 1 aliphatic rings. The van der Waals surface area contributed by atoms with Gasteiger partial charge >= 0.3 is 0 Å². The summed E-state index contributed by atoms with van der Waals surface area (Å²) >= 11 is 1.59. The monoisotopic (exact) mass is 355 g/mol. The summed E-state index contributed by atoms with van der Waals surface area (Å²) in [7, 11) is -3.67. The number of halogens is 1. The predicted molar refractivity (Wildman–Crippen MR) is 88.6 cm³/mol. The van der Waals surface area contributed by atoms with Gasteiger partial charge in [-0.05, 0) is 37.0 Å². The molecular weight excluding hydrogens is 337 g/mol. The molecule has 124 valence electrons. The third-order valence-electron chi connectivity index (χ3n) is 3.88. The van der Waals surface area contributed by atoms with Crippen LogP contribution in [0, 0.1) is 11.7 Å². The highest BCUT2D eigenvalue weighted by Gasteiger charge is 2.23. The van der Waals surface area contributed by atoms with E-state index in [1.165, 1.54) is 18.2 Å². The van der Waals surface area contributed by atoms with E-state index in [1.54, 1.807) is 17.5 Å². The van der Waals surface area contributed by atoms with Crippen molar-refractivity contribution < 1.29 is 12.8 Å². The minimum absolute atomic E-state index is 0.0370. The second-order valence-corrected chi connectivity index (χ2v) is 8.22. The van der Waals surface area contributed by atoms with E-state index in [4.69, 9.17) is 0 Å². The fraction of sp³-hybridized carbons (Fsp3) is 0.400. The molecule has 0 amide bonds. The molecule has 0 saturated carbocycles. The van der Waals surface area contributed by atoms with Gasteiger partial charge in [-0.3, -0.25) is 0 Å². The highest BCUT2D eigenvalue weighted by atomic mass is 32.2. The zero-order chi connectivity index (χ0) is 16.3. The lowest BCUT2D eigenvalue weighted by Gasteiger charge is -2.32. The Bertz CT molecular complexity index is 750. The molecule has 1 fully saturated rings. The lowest BCUT2D eigenvalue weighted by atomic mass is 9.99. The van der Waals surface area contributed by atoms with Crippen molar-refractivity contribution in [3.05, 3.63) is 41.7 Å². The summed E-state index contributed by atoms with van der Waals surface area (Å²) in [6.45, 7) is 2.07. The van der Waals surface area contributed by atoms with Crippen LogP contribution in [0.15, 0.2) is 40.7 Å². The van der Waals surface area contributed by atoms with Gasteiger partial charge in [0.2, 0.25) is 10.0 Å². The first-order valence-corrected chi connectivity index (χ1v) is 9.80. The van der Waals surface area contributed by atoms with E-state index in [0.29, 0.717) is 6.54 Å². The van der Waals surface area contributed by atoms with Gasteiger partial charge in [0.05, 0.1) is 4.90 Å². The molecule has 1 aromatic carbocycles. The molecule has 0 bridgehead atoms. The Kier molecular flexibility index (Phi) is 4.93. The van der Waals surface area contributed by atoms with Gasteiger partial charge in [-0.1, -0.05) is 6.07 Å². The zero-order valence-corrected chi connectivity index (χ0v) is 14.1. The molecular formula is C15H18FN3O2S2. The van der Waals surface area contributed by atoms with Gasteiger partial charge < -0.3 is 4.90 Å². The van der Waals surface area contributed by atoms with Crippen molar-refractivity contribution in [2.75, 3.05) is 24.5 Å². The van der Waals surface area contributed by atoms with E-state index in [2.05, 4.69) is 14.6 Å². The molecule has 1 unspecified atom stereocenters. The Morgan fingerprint density at radius 3 is 3.04 bits per heavy atom. The summed E-state index contributed by atoms with van der Waals surface area (Å²) in [4.78, 5) is 6.46. The molecule has 2 aromatic rings. The molecule has 1 atom stereocenters. The van der Waals surface area contributed by atoms with Crippen LogP contribution in [0.5, 0.6) is 0 Å². The van der Waals surface area contributed by atoms with Crippen molar-refractivity contribution in [1.29, 1.82) is 0 Å². The van der Waals surface area contributed by atoms with Gasteiger partial charge in [0, 0.05) is 31.2 Å². The van der Waals surface area contributed by atoms with Gasteiger partial charge in [-0.25, -0.2) is 22.5 Å². The number of nitrogens with one attached hydrogen (secondary N) is 1. The summed E-state index contributed by atoms with van der Waals surface area (Å²) in [5.74, 6) is -0.337. The topological polar surface area (TPSA) is 62.3 Å². The maximum Gasteiger partial charge on any atom is 0.240 e. The van der Waals surface area contributed by atoms with Crippen LogP contribution in [0.4, 0.5) is 9.52 Å². The molecule has 2 heterocycles. The molecule has 1 aliphatic heterocycles. The molecule has 0 radical (unpaired) electrons. The predicted octanol–water partition coefficient (Wildman–Crippen LogP) is 2.48. The van der Waals surface area contributed by atoms with Crippen LogP contribution in [0.2, 0.25) is 0 Å². The van der Waals surface area contributed by atoms with Gasteiger partial charge in [-0.15, -0.1) is 11.3 Å². The van der Waals surface area contributed by atoms with Gasteiger partial charge in [0.1, 0.15) is 5.82 Å². The first-order valence-electron chi connectivity index (χ1n) is 7.44. The number of benzene rings is 1. The van der Waals surface area contributed by atoms with Gasteiger partial charge in [0.15, 0.2) is 5.13 Å². The second kappa shape index (κ2) is 6.94. The standard InChI is InChI=1S/C15H18FN3O2S2/c16-13-4-1-5-14(9-13)23(20,21)18-10-12-3-2-7-19(11-12)15-17-6-8-22-15/h1,4-6,8-9,12,18H,2-3,7,10-11H2. The number of sulfonamides is 1. The summed E-state index contributed by atoms with van der Waals surface area (Å²) in [5, 5.41) is 2.91. The first kappa shape index (κ1) is 16.4. The third kappa shape index (κ3) is 4.07. The number of rotatable bonds is 5. The van der Waals surface area contributed by atoms with Crippen molar-refractivity contribution in [3.8, 4) is 0 Å². The molecule has 5 nitrogen and oxygen atoms in total. The zero-order valence-electron chi connectivity index (χ0n) is 12.5. The number of hydrogen-bond acceptors (Lipinski definition) is 5. The Morgan fingerprint density at radius 1 is 1.43 bits per heavy atom. The van der Waals surface area contributed by atoms with Crippen molar-refractivity contribution >= 4 is 26.5 Å². The van der Waals surface area contributed by atoms with Crippen LogP contribution in [0.1, 0.15) is 12.8 Å². The Balaban J connectivity index is 1.61. The van der Waals surface area contributed by atoms with E-state index < -0.39 is 15.8 Å². The van der Waals surface area contributed by atoms with Crippen molar-refractivity contribution in [2.24, 2.45) is 5.92 Å². The molecule has 0 spiro atoms. The van der Waals surface area contributed by atoms with Crippen molar-refractivity contribution in [3.63, 3.8) is 0 Å². The number of thiazole rings is 1. The van der Waals surface area contributed by atoms with E-state index >= 15 is 0 Å². The lowest BCUT2D eigenvalue weighted by Crippen LogP contribution is -2.41. The fourth-order valence-corrected chi connectivity index (χ4v) is 4.55. The molecule has 23 heavy (non-hydrogen) atoms. The highest BCUT2D eigenvalue weighted by molar-refractivity contribution is 7.89. The number of hydrogen-bond donors (Lipinski definition) is 1. The molecule has 3 rings (SSSR count).